The highest BCUT2D eigenvalue weighted by Gasteiger charge is 2.07. The molecule has 4 heteroatoms. The lowest BCUT2D eigenvalue weighted by atomic mass is 10.2. The van der Waals surface area contributed by atoms with Crippen molar-refractivity contribution in [3.8, 4) is 0 Å². The van der Waals surface area contributed by atoms with Crippen molar-refractivity contribution in [1.82, 2.24) is 4.57 Å². The molecule has 1 heterocycles. The summed E-state index contributed by atoms with van der Waals surface area (Å²) in [6.45, 7) is 0.986. The third-order valence-electron chi connectivity index (χ3n) is 3.44. The fourth-order valence-electron chi connectivity index (χ4n) is 2.43. The van der Waals surface area contributed by atoms with Crippen LogP contribution >= 0.6 is 23.5 Å². The van der Waals surface area contributed by atoms with Crippen molar-refractivity contribution in [2.75, 3.05) is 17.7 Å². The molecule has 0 radical (unpaired) electrons. The minimum Gasteiger partial charge on any atom is -0.399 e. The first-order chi connectivity index (χ1) is 10.3. The molecule has 0 atom stereocenters. The molecule has 3 rings (SSSR count). The Balaban J connectivity index is 1.77. The number of aryl methyl sites for hydroxylation is 1. The fraction of sp³-hybridized carbons (Fsp3) is 0.176. The molecule has 0 bridgehead atoms. The van der Waals surface area contributed by atoms with Crippen LogP contribution < -0.4 is 5.73 Å². The van der Waals surface area contributed by atoms with Crippen molar-refractivity contribution >= 4 is 40.1 Å². The van der Waals surface area contributed by atoms with E-state index >= 15 is 0 Å². The molecule has 0 saturated carbocycles. The van der Waals surface area contributed by atoms with Gasteiger partial charge in [0.05, 0.1) is 5.52 Å². The Morgan fingerprint density at radius 1 is 1.10 bits per heavy atom. The van der Waals surface area contributed by atoms with Crippen LogP contribution in [0.2, 0.25) is 0 Å². The van der Waals surface area contributed by atoms with Crippen LogP contribution in [0.1, 0.15) is 0 Å². The molecule has 2 nitrogen and oxygen atoms in total. The maximum absolute atomic E-state index is 6.02. The Kier molecular flexibility index (Phi) is 4.46. The largest absolute Gasteiger partial charge is 0.399 e. The highest BCUT2D eigenvalue weighted by atomic mass is 32.2. The van der Waals surface area contributed by atoms with Crippen LogP contribution in [0.25, 0.3) is 10.9 Å². The first-order valence-electron chi connectivity index (χ1n) is 6.88. The van der Waals surface area contributed by atoms with Gasteiger partial charge in [0.2, 0.25) is 0 Å². The normalized spacial score (nSPS) is 11.1. The van der Waals surface area contributed by atoms with Gasteiger partial charge in [-0.05, 0) is 36.6 Å². The number of hydrogen-bond acceptors (Lipinski definition) is 3. The van der Waals surface area contributed by atoms with E-state index < -0.39 is 0 Å². The van der Waals surface area contributed by atoms with Gasteiger partial charge in [0, 0.05) is 39.4 Å². The number of thioether (sulfide) groups is 2. The van der Waals surface area contributed by atoms with E-state index in [1.165, 1.54) is 20.7 Å². The summed E-state index contributed by atoms with van der Waals surface area (Å²) < 4.78 is 2.29. The third kappa shape index (κ3) is 3.22. The lowest BCUT2D eigenvalue weighted by Gasteiger charge is -2.08. The summed E-state index contributed by atoms with van der Waals surface area (Å²) >= 11 is 3.63. The van der Waals surface area contributed by atoms with E-state index in [-0.39, 0.29) is 0 Å². The highest BCUT2D eigenvalue weighted by molar-refractivity contribution is 7.99. The standard InChI is InChI=1S/C17H18N2S2/c1-20-17-12-13(18)11-16-15(17)7-8-19(16)9-10-21-14-5-3-2-4-6-14/h2-8,11-12H,9-10,18H2,1H3. The zero-order chi connectivity index (χ0) is 14.7. The van der Waals surface area contributed by atoms with Gasteiger partial charge in [-0.2, -0.15) is 0 Å². The second-order valence-electron chi connectivity index (χ2n) is 4.83. The first kappa shape index (κ1) is 14.4. The second kappa shape index (κ2) is 6.50. The van der Waals surface area contributed by atoms with Crippen molar-refractivity contribution in [3.63, 3.8) is 0 Å². The van der Waals surface area contributed by atoms with Crippen LogP contribution in [0, 0.1) is 0 Å². The van der Waals surface area contributed by atoms with Crippen molar-refractivity contribution < 1.29 is 0 Å². The van der Waals surface area contributed by atoms with Gasteiger partial charge in [-0.3, -0.25) is 0 Å². The van der Waals surface area contributed by atoms with E-state index in [1.54, 1.807) is 11.8 Å². The first-order valence-corrected chi connectivity index (χ1v) is 9.09. The lowest BCUT2D eigenvalue weighted by Crippen LogP contribution is -1.99. The summed E-state index contributed by atoms with van der Waals surface area (Å²) in [4.78, 5) is 2.57. The Morgan fingerprint density at radius 2 is 1.90 bits per heavy atom. The Bertz CT molecular complexity index is 735. The molecule has 0 aliphatic rings. The molecule has 3 aromatic rings. The minimum absolute atomic E-state index is 0.836. The molecule has 0 unspecified atom stereocenters. The predicted molar refractivity (Wildman–Crippen MR) is 95.3 cm³/mol. The Labute approximate surface area is 133 Å². The zero-order valence-corrected chi connectivity index (χ0v) is 13.6. The van der Waals surface area contributed by atoms with Gasteiger partial charge in [0.1, 0.15) is 0 Å². The maximum Gasteiger partial charge on any atom is 0.0512 e. The quantitative estimate of drug-likeness (QED) is 0.545. The van der Waals surface area contributed by atoms with Gasteiger partial charge in [-0.1, -0.05) is 18.2 Å². The third-order valence-corrected chi connectivity index (χ3v) is 5.21. The second-order valence-corrected chi connectivity index (χ2v) is 6.84. The Hall–Kier alpha value is -1.52. The number of rotatable bonds is 5. The maximum atomic E-state index is 6.02. The molecule has 2 N–H and O–H groups in total. The molecule has 1 aromatic heterocycles. The number of nitrogens with two attached hydrogens (primary N) is 1. The summed E-state index contributed by atoms with van der Waals surface area (Å²) in [5, 5.41) is 1.29. The summed E-state index contributed by atoms with van der Waals surface area (Å²) in [6, 6.07) is 16.8. The molecular weight excluding hydrogens is 296 g/mol. The predicted octanol–water partition coefficient (Wildman–Crippen LogP) is 4.74. The van der Waals surface area contributed by atoms with E-state index in [2.05, 4.69) is 65.6 Å². The molecule has 0 aliphatic heterocycles. The van der Waals surface area contributed by atoms with E-state index in [9.17, 15) is 0 Å². The van der Waals surface area contributed by atoms with Crippen molar-refractivity contribution in [3.05, 3.63) is 54.7 Å². The number of nitrogen functional groups attached to an aromatic ring is 1. The van der Waals surface area contributed by atoms with E-state index in [1.807, 2.05) is 11.8 Å². The Morgan fingerprint density at radius 3 is 2.67 bits per heavy atom. The van der Waals surface area contributed by atoms with Crippen LogP contribution in [0.4, 0.5) is 5.69 Å². The van der Waals surface area contributed by atoms with Crippen LogP contribution in [0.3, 0.4) is 0 Å². The van der Waals surface area contributed by atoms with Crippen molar-refractivity contribution in [2.24, 2.45) is 0 Å². The number of aromatic nitrogens is 1. The molecule has 0 saturated heterocycles. The summed E-state index contributed by atoms with van der Waals surface area (Å²) in [6.07, 6.45) is 4.26. The van der Waals surface area contributed by atoms with Gasteiger partial charge in [0.25, 0.3) is 0 Å². The number of hydrogen-bond donors (Lipinski definition) is 1. The van der Waals surface area contributed by atoms with Gasteiger partial charge in [-0.25, -0.2) is 0 Å². The van der Waals surface area contributed by atoms with Crippen molar-refractivity contribution in [2.45, 2.75) is 16.3 Å². The lowest BCUT2D eigenvalue weighted by molar-refractivity contribution is 0.807. The molecule has 21 heavy (non-hydrogen) atoms. The number of nitrogens with zero attached hydrogens (tertiary/aromatic N) is 1. The van der Waals surface area contributed by atoms with Crippen LogP contribution in [0.5, 0.6) is 0 Å². The van der Waals surface area contributed by atoms with Crippen LogP contribution in [-0.4, -0.2) is 16.6 Å². The monoisotopic (exact) mass is 314 g/mol. The molecule has 0 spiro atoms. The smallest absolute Gasteiger partial charge is 0.0512 e. The number of benzene rings is 2. The van der Waals surface area contributed by atoms with Gasteiger partial charge < -0.3 is 10.3 Å². The summed E-state index contributed by atoms with van der Waals surface area (Å²) in [5.74, 6) is 1.05. The minimum atomic E-state index is 0.836. The fourth-order valence-corrected chi connectivity index (χ4v) is 3.94. The van der Waals surface area contributed by atoms with Gasteiger partial charge >= 0.3 is 0 Å². The van der Waals surface area contributed by atoms with Crippen LogP contribution in [-0.2, 0) is 6.54 Å². The van der Waals surface area contributed by atoms with E-state index in [4.69, 9.17) is 5.73 Å². The van der Waals surface area contributed by atoms with E-state index in [0.717, 1.165) is 18.0 Å². The molecule has 2 aromatic carbocycles. The highest BCUT2D eigenvalue weighted by Crippen LogP contribution is 2.30. The van der Waals surface area contributed by atoms with Gasteiger partial charge in [-0.15, -0.1) is 23.5 Å². The average molecular weight is 314 g/mol. The molecule has 0 aliphatic carbocycles. The zero-order valence-electron chi connectivity index (χ0n) is 12.0. The summed E-state index contributed by atoms with van der Waals surface area (Å²) in [5.41, 5.74) is 8.08. The molecule has 0 amide bonds. The van der Waals surface area contributed by atoms with Gasteiger partial charge in [0.15, 0.2) is 0 Å². The number of anilines is 1. The number of fused-ring (bicyclic) bond motifs is 1. The molecular formula is C17H18N2S2. The van der Waals surface area contributed by atoms with E-state index in [0.29, 0.717) is 0 Å². The molecule has 108 valence electrons. The average Bonchev–Trinajstić information content (AvgIpc) is 2.90. The van der Waals surface area contributed by atoms with Crippen molar-refractivity contribution in [1.29, 1.82) is 0 Å². The molecule has 0 fully saturated rings. The topological polar surface area (TPSA) is 30.9 Å². The SMILES string of the molecule is CSc1cc(N)cc2c1ccn2CCSc1ccccc1. The summed E-state index contributed by atoms with van der Waals surface area (Å²) in [7, 11) is 0. The van der Waals surface area contributed by atoms with Crippen LogP contribution in [0.15, 0.2) is 64.5 Å².